The lowest BCUT2D eigenvalue weighted by atomic mass is 9.99. The maximum absolute atomic E-state index is 13.2. The molecule has 0 radical (unpaired) electrons. The minimum Gasteiger partial charge on any atom is -0.394 e. The molecule has 7 N–H and O–H groups in total. The van der Waals surface area contributed by atoms with Gasteiger partial charge in [0.25, 0.3) is 0 Å². The van der Waals surface area contributed by atoms with E-state index in [-0.39, 0.29) is 6.42 Å². The second-order valence-electron chi connectivity index (χ2n) is 19.3. The molecule has 0 aromatic rings. The molecule has 8 unspecified atom stereocenters. The van der Waals surface area contributed by atoms with Gasteiger partial charge in [0.2, 0.25) is 5.91 Å². The highest BCUT2D eigenvalue weighted by atomic mass is 32.3. The summed E-state index contributed by atoms with van der Waals surface area (Å²) in [5.74, 6) is -0.697. The molecule has 1 aliphatic heterocycles. The van der Waals surface area contributed by atoms with E-state index in [1.165, 1.54) is 180 Å². The van der Waals surface area contributed by atoms with Crippen LogP contribution < -0.4 is 5.32 Å². The third-order valence-corrected chi connectivity index (χ3v) is 13.6. The highest BCUT2D eigenvalue weighted by Gasteiger charge is 2.48. The van der Waals surface area contributed by atoms with Crippen LogP contribution in [0, 0.1) is 0 Å². The Morgan fingerprint density at radius 3 is 1.36 bits per heavy atom. The molecule has 1 amide bonds. The summed E-state index contributed by atoms with van der Waals surface area (Å²) in [4.78, 5) is 13.2. The number of nitrogens with one attached hydrogen (secondary N) is 1. The Bertz CT molecular complexity index is 1240. The van der Waals surface area contributed by atoms with Gasteiger partial charge >= 0.3 is 10.4 Å². The predicted octanol–water partition coefficient (Wildman–Crippen LogP) is 10.9. The fraction of sp³-hybridized carbons (Fsp3) is 0.942. The molecule has 1 saturated heterocycles. The molecule has 0 aromatic carbocycles. The number of carbonyl (C=O) groups is 1. The van der Waals surface area contributed by atoms with Gasteiger partial charge < -0.3 is 40.3 Å². The fourth-order valence-electron chi connectivity index (χ4n) is 8.88. The van der Waals surface area contributed by atoms with Crippen LogP contribution >= 0.6 is 0 Å². The molecule has 1 aliphatic rings. The van der Waals surface area contributed by atoms with E-state index in [1.54, 1.807) is 6.08 Å². The maximum Gasteiger partial charge on any atom is 0.397 e. The molecule has 1 fully saturated rings. The predicted molar refractivity (Wildman–Crippen MR) is 265 cm³/mol. The van der Waals surface area contributed by atoms with Crippen LogP contribution in [0.4, 0.5) is 0 Å². The number of amides is 1. The van der Waals surface area contributed by atoms with Gasteiger partial charge in [-0.3, -0.25) is 9.35 Å². The number of aliphatic hydroxyl groups excluding tert-OH is 5. The Labute approximate surface area is 403 Å². The Morgan fingerprint density at radius 2 is 0.985 bits per heavy atom. The summed E-state index contributed by atoms with van der Waals surface area (Å²) in [5, 5.41) is 55.5. The molecule has 13 nitrogen and oxygen atoms in total. The van der Waals surface area contributed by atoms with Crippen molar-refractivity contribution in [3.8, 4) is 0 Å². The first-order valence-corrected chi connectivity index (χ1v) is 28.5. The molecular weight excluding hydrogens is 863 g/mol. The summed E-state index contributed by atoms with van der Waals surface area (Å²) < 4.78 is 47.7. The topological polar surface area (TPSA) is 212 Å². The van der Waals surface area contributed by atoms with Crippen molar-refractivity contribution in [2.75, 3.05) is 13.2 Å². The molecule has 8 atom stereocenters. The summed E-state index contributed by atoms with van der Waals surface area (Å²) in [5.41, 5.74) is 0. The van der Waals surface area contributed by atoms with Crippen LogP contribution in [0.2, 0.25) is 0 Å². The molecule has 0 saturated carbocycles. The Kier molecular flexibility index (Phi) is 40.6. The number of aliphatic hydroxyl groups is 5. The third-order valence-electron chi connectivity index (χ3n) is 13.2. The number of carbonyl (C=O) groups excluding carboxylic acids is 1. The van der Waals surface area contributed by atoms with E-state index in [0.29, 0.717) is 12.8 Å². The largest absolute Gasteiger partial charge is 0.397 e. The summed E-state index contributed by atoms with van der Waals surface area (Å²) in [7, 11) is -5.12. The van der Waals surface area contributed by atoms with Crippen molar-refractivity contribution in [1.82, 2.24) is 5.32 Å². The molecule has 0 spiro atoms. The number of hydrogen-bond acceptors (Lipinski definition) is 11. The molecule has 392 valence electrons. The standard InChI is InChI=1S/C52H101NO12S/c1-3-5-7-9-11-13-15-17-19-21-22-23-25-26-28-30-32-34-36-38-40-45(55)44(43-63-52-49(58)50(65-66(60,61)62)48(57)47(42-54)64-52)53-51(59)46(56)41-39-37-35-33-31-29-27-24-20-18-16-14-12-10-8-6-4-2/h38,40,44-50,52,54-58H,3-37,39,41-43H2,1-2H3,(H,53,59)(H,60,61,62)/b40-38+. The van der Waals surface area contributed by atoms with Crippen molar-refractivity contribution in [3.63, 3.8) is 0 Å². The van der Waals surface area contributed by atoms with Gasteiger partial charge in [-0.15, -0.1) is 0 Å². The van der Waals surface area contributed by atoms with Crippen LogP contribution in [0.1, 0.15) is 251 Å². The molecule has 1 heterocycles. The minimum absolute atomic E-state index is 0.248. The quantitative estimate of drug-likeness (QED) is 0.0172. The van der Waals surface area contributed by atoms with Crippen molar-refractivity contribution >= 4 is 16.3 Å². The average molecular weight is 964 g/mol. The number of allylic oxidation sites excluding steroid dienone is 1. The van der Waals surface area contributed by atoms with Crippen LogP contribution in [-0.2, 0) is 28.9 Å². The second-order valence-corrected chi connectivity index (χ2v) is 20.4. The monoisotopic (exact) mass is 964 g/mol. The van der Waals surface area contributed by atoms with E-state index in [0.717, 1.165) is 38.5 Å². The summed E-state index contributed by atoms with van der Waals surface area (Å²) >= 11 is 0. The molecule has 14 heteroatoms. The van der Waals surface area contributed by atoms with Crippen LogP contribution in [0.25, 0.3) is 0 Å². The number of rotatable bonds is 47. The van der Waals surface area contributed by atoms with Gasteiger partial charge in [0.1, 0.15) is 30.5 Å². The van der Waals surface area contributed by atoms with Gasteiger partial charge in [-0.05, 0) is 19.3 Å². The van der Waals surface area contributed by atoms with Gasteiger partial charge in [0, 0.05) is 0 Å². The molecule has 1 rings (SSSR count). The van der Waals surface area contributed by atoms with Crippen LogP contribution in [0.15, 0.2) is 12.2 Å². The highest BCUT2D eigenvalue weighted by molar-refractivity contribution is 7.80. The first-order chi connectivity index (χ1) is 31.9. The molecule has 0 aromatic heterocycles. The van der Waals surface area contributed by atoms with Crippen molar-refractivity contribution in [1.29, 1.82) is 0 Å². The van der Waals surface area contributed by atoms with E-state index < -0.39 is 78.5 Å². The number of ether oxygens (including phenoxy) is 2. The summed E-state index contributed by atoms with van der Waals surface area (Å²) in [6.45, 7) is 3.26. The Hall–Kier alpha value is -1.20. The zero-order valence-corrected chi connectivity index (χ0v) is 42.7. The van der Waals surface area contributed by atoms with Crippen molar-refractivity contribution < 1.29 is 57.0 Å². The lowest BCUT2D eigenvalue weighted by molar-refractivity contribution is -0.298. The number of unbranched alkanes of at least 4 members (excludes halogenated alkanes) is 34. The van der Waals surface area contributed by atoms with Gasteiger partial charge in [0.15, 0.2) is 6.29 Å². The SMILES string of the molecule is CCCCCCCCCCCCCCCCCCCC/C=C/C(O)C(COC1OC(CO)C(O)C(OS(=O)(=O)O)C1O)NC(=O)C(O)CCCCCCCCCCCCCCCCCCC. The van der Waals surface area contributed by atoms with E-state index in [2.05, 4.69) is 23.3 Å². The Balaban J connectivity index is 2.48. The van der Waals surface area contributed by atoms with E-state index in [9.17, 15) is 43.3 Å². The second kappa shape index (κ2) is 42.7. The number of hydrogen-bond donors (Lipinski definition) is 7. The average Bonchev–Trinajstić information content (AvgIpc) is 3.29. The fourth-order valence-corrected chi connectivity index (χ4v) is 9.38. The Morgan fingerprint density at radius 1 is 0.606 bits per heavy atom. The molecule has 0 bridgehead atoms. The summed E-state index contributed by atoms with van der Waals surface area (Å²) in [6.07, 6.45) is 37.1. The van der Waals surface area contributed by atoms with Gasteiger partial charge in [0.05, 0.1) is 25.4 Å². The van der Waals surface area contributed by atoms with E-state index >= 15 is 0 Å². The van der Waals surface area contributed by atoms with E-state index in [1.807, 2.05) is 6.08 Å². The molecule has 66 heavy (non-hydrogen) atoms. The maximum atomic E-state index is 13.2. The summed E-state index contributed by atoms with van der Waals surface area (Å²) in [6, 6.07) is -1.12. The van der Waals surface area contributed by atoms with Crippen molar-refractivity contribution in [3.05, 3.63) is 12.2 Å². The zero-order chi connectivity index (χ0) is 48.5. The first-order valence-electron chi connectivity index (χ1n) is 27.2. The minimum atomic E-state index is -5.12. The smallest absolute Gasteiger partial charge is 0.394 e. The van der Waals surface area contributed by atoms with Gasteiger partial charge in [-0.2, -0.15) is 8.42 Å². The lowest BCUT2D eigenvalue weighted by Crippen LogP contribution is -2.61. The third kappa shape index (κ3) is 34.2. The van der Waals surface area contributed by atoms with Gasteiger partial charge in [-0.1, -0.05) is 244 Å². The van der Waals surface area contributed by atoms with Crippen LogP contribution in [0.3, 0.4) is 0 Å². The van der Waals surface area contributed by atoms with Gasteiger partial charge in [-0.25, -0.2) is 4.18 Å². The molecular formula is C52H101NO12S. The van der Waals surface area contributed by atoms with Crippen molar-refractivity contribution in [2.24, 2.45) is 0 Å². The van der Waals surface area contributed by atoms with Crippen molar-refractivity contribution in [2.45, 2.75) is 300 Å². The van der Waals surface area contributed by atoms with Crippen LogP contribution in [0.5, 0.6) is 0 Å². The molecule has 0 aliphatic carbocycles. The zero-order valence-electron chi connectivity index (χ0n) is 41.9. The first kappa shape index (κ1) is 62.8. The normalized spacial score (nSPS) is 20.5. The van der Waals surface area contributed by atoms with E-state index in [4.69, 9.17) is 9.47 Å². The highest BCUT2D eigenvalue weighted by Crippen LogP contribution is 2.26. The van der Waals surface area contributed by atoms with Crippen LogP contribution in [-0.4, -0.2) is 107 Å². The lowest BCUT2D eigenvalue weighted by Gasteiger charge is -2.41.